The maximum Gasteiger partial charge on any atom is 0.472 e. The SMILES string of the molecule is CC/C=C\C/C=C\C/C=C\C/C=C\C/C=C\CC(=O)OC(COC(=O)CCCCCCCCCCC/C=C\CCCCCCCC)COP(=O)(O)OCC(CO)OC(=O)CCCCCCC/C=C\C/C=C\CCCCC. The van der Waals surface area contributed by atoms with Gasteiger partial charge in [0.2, 0.25) is 0 Å². The minimum absolute atomic E-state index is 0.0688. The zero-order valence-corrected chi connectivity index (χ0v) is 49.1. The van der Waals surface area contributed by atoms with E-state index in [0.29, 0.717) is 19.3 Å². The topological polar surface area (TPSA) is 155 Å². The monoisotopic (exact) mass is 1080 g/mol. The first-order chi connectivity index (χ1) is 37.2. The molecule has 0 rings (SSSR count). The van der Waals surface area contributed by atoms with Gasteiger partial charge in [0.25, 0.3) is 0 Å². The van der Waals surface area contributed by atoms with Crippen molar-refractivity contribution in [2.75, 3.05) is 26.4 Å². The Morgan fingerprint density at radius 1 is 0.395 bits per heavy atom. The Kier molecular flexibility index (Phi) is 54.8. The summed E-state index contributed by atoms with van der Waals surface area (Å²) in [5.41, 5.74) is 0. The smallest absolute Gasteiger partial charge is 0.462 e. The number of rotatable bonds is 55. The van der Waals surface area contributed by atoms with E-state index in [1.807, 2.05) is 12.2 Å². The van der Waals surface area contributed by atoms with Crippen LogP contribution < -0.4 is 0 Å². The van der Waals surface area contributed by atoms with E-state index >= 15 is 0 Å². The maximum absolute atomic E-state index is 12.9. The molecule has 436 valence electrons. The van der Waals surface area contributed by atoms with Gasteiger partial charge in [-0.3, -0.25) is 23.4 Å². The molecule has 76 heavy (non-hydrogen) atoms. The van der Waals surface area contributed by atoms with Gasteiger partial charge in [0.1, 0.15) is 12.7 Å². The van der Waals surface area contributed by atoms with Crippen molar-refractivity contribution in [3.8, 4) is 0 Å². The Morgan fingerprint density at radius 3 is 1.20 bits per heavy atom. The molecule has 0 aromatic rings. The van der Waals surface area contributed by atoms with Crippen LogP contribution in [-0.4, -0.2) is 66.5 Å². The van der Waals surface area contributed by atoms with Crippen molar-refractivity contribution in [1.29, 1.82) is 0 Å². The largest absolute Gasteiger partial charge is 0.472 e. The minimum Gasteiger partial charge on any atom is -0.462 e. The number of ether oxygens (including phenoxy) is 3. The highest BCUT2D eigenvalue weighted by Crippen LogP contribution is 2.43. The number of carbonyl (C=O) groups is 3. The van der Waals surface area contributed by atoms with Crippen LogP contribution in [0.4, 0.5) is 0 Å². The van der Waals surface area contributed by atoms with Crippen LogP contribution in [0.1, 0.15) is 252 Å². The van der Waals surface area contributed by atoms with Gasteiger partial charge >= 0.3 is 25.7 Å². The van der Waals surface area contributed by atoms with Crippen LogP contribution in [0.25, 0.3) is 0 Å². The second-order valence-electron chi connectivity index (χ2n) is 19.8. The van der Waals surface area contributed by atoms with Gasteiger partial charge in [-0.05, 0) is 103 Å². The molecule has 3 atom stereocenters. The Bertz CT molecular complexity index is 1640. The van der Waals surface area contributed by atoms with Crippen LogP contribution in [0.5, 0.6) is 0 Å². The number of unbranched alkanes of at least 4 members (excludes halogenated alkanes) is 23. The van der Waals surface area contributed by atoms with E-state index in [2.05, 4.69) is 99.8 Å². The first kappa shape index (κ1) is 72.4. The quantitative estimate of drug-likeness (QED) is 0.0197. The molecule has 0 aromatic carbocycles. The van der Waals surface area contributed by atoms with Crippen molar-refractivity contribution in [1.82, 2.24) is 0 Å². The van der Waals surface area contributed by atoms with Crippen molar-refractivity contribution in [3.05, 3.63) is 97.2 Å². The molecule has 0 fully saturated rings. The number of hydrogen-bond acceptors (Lipinski definition) is 10. The van der Waals surface area contributed by atoms with E-state index in [-0.39, 0.29) is 25.9 Å². The summed E-state index contributed by atoms with van der Waals surface area (Å²) in [6, 6.07) is 0. The number of aliphatic hydroxyl groups excluding tert-OH is 1. The Hall–Kier alpha value is -3.60. The number of allylic oxidation sites excluding steroid dienone is 15. The van der Waals surface area contributed by atoms with Gasteiger partial charge < -0.3 is 24.2 Å². The van der Waals surface area contributed by atoms with Crippen molar-refractivity contribution in [2.45, 2.75) is 264 Å². The average Bonchev–Trinajstić information content (AvgIpc) is 3.41. The van der Waals surface area contributed by atoms with E-state index in [9.17, 15) is 28.9 Å². The standard InChI is InChI=1S/C64H109O11P/c1-4-7-10-13-16-19-22-25-28-29-30-31-34-35-38-41-44-47-50-53-62(66)71-57-61(75-64(68)55-52-49-46-43-40-37-33-27-24-21-18-15-12-9-6-3)59-73-76(69,70)72-58-60(56-65)74-63(67)54-51-48-45-42-39-36-32-26-23-20-17-14-11-8-5-2/h9,12,17-18,20-21,25-28,32-33,40,43,49,52,60-61,65H,4-8,10-11,13-16,19,22-24,29-31,34-39,41-42,44-48,50-51,53-59H2,1-3H3,(H,69,70)/b12-9-,20-17-,21-18-,28-25-,32-26-,33-27-,43-40-,52-49-. The van der Waals surface area contributed by atoms with Gasteiger partial charge in [-0.1, -0.05) is 227 Å². The Labute approximate surface area is 463 Å². The molecule has 0 radical (unpaired) electrons. The molecule has 12 heteroatoms. The number of hydrogen-bond donors (Lipinski definition) is 2. The van der Waals surface area contributed by atoms with Crippen LogP contribution in [0.2, 0.25) is 0 Å². The summed E-state index contributed by atoms with van der Waals surface area (Å²) in [4.78, 5) is 48.5. The highest BCUT2D eigenvalue weighted by Gasteiger charge is 2.28. The Balaban J connectivity index is 4.80. The van der Waals surface area contributed by atoms with Gasteiger partial charge in [-0.2, -0.15) is 0 Å². The predicted molar refractivity (Wildman–Crippen MR) is 316 cm³/mol. The van der Waals surface area contributed by atoms with Crippen molar-refractivity contribution < 1.29 is 52.2 Å². The summed E-state index contributed by atoms with van der Waals surface area (Å²) >= 11 is 0. The molecule has 2 N–H and O–H groups in total. The van der Waals surface area contributed by atoms with Crippen LogP contribution >= 0.6 is 7.82 Å². The van der Waals surface area contributed by atoms with Crippen LogP contribution in [0.15, 0.2) is 97.2 Å². The lowest BCUT2D eigenvalue weighted by atomic mass is 10.1. The van der Waals surface area contributed by atoms with E-state index in [1.165, 1.54) is 103 Å². The molecule has 0 aliphatic heterocycles. The number of phosphoric ester groups is 1. The maximum atomic E-state index is 12.9. The average molecular weight is 1090 g/mol. The van der Waals surface area contributed by atoms with E-state index < -0.39 is 57.8 Å². The fourth-order valence-electron chi connectivity index (χ4n) is 7.93. The summed E-state index contributed by atoms with van der Waals surface area (Å²) in [5, 5.41) is 9.82. The molecule has 0 saturated carbocycles. The van der Waals surface area contributed by atoms with E-state index in [4.69, 9.17) is 23.3 Å². The molecule has 0 aromatic heterocycles. The molecular weight excluding hydrogens is 976 g/mol. The van der Waals surface area contributed by atoms with Crippen molar-refractivity contribution in [2.24, 2.45) is 0 Å². The van der Waals surface area contributed by atoms with Gasteiger partial charge in [0.05, 0.1) is 26.2 Å². The number of carbonyl (C=O) groups excluding carboxylic acids is 3. The summed E-state index contributed by atoms with van der Waals surface area (Å²) in [6.07, 6.45) is 68.2. The third kappa shape index (κ3) is 55.2. The summed E-state index contributed by atoms with van der Waals surface area (Å²) < 4.78 is 39.4. The minimum atomic E-state index is -4.78. The first-order valence-electron chi connectivity index (χ1n) is 30.1. The summed E-state index contributed by atoms with van der Waals surface area (Å²) in [5.74, 6) is -1.63. The second-order valence-corrected chi connectivity index (χ2v) is 21.2. The van der Waals surface area contributed by atoms with E-state index in [1.54, 1.807) is 6.08 Å². The molecule has 0 saturated heterocycles. The van der Waals surface area contributed by atoms with Crippen LogP contribution in [0, 0.1) is 0 Å². The van der Waals surface area contributed by atoms with Crippen molar-refractivity contribution >= 4 is 25.7 Å². The summed E-state index contributed by atoms with van der Waals surface area (Å²) in [7, 11) is -4.78. The fraction of sp³-hybridized carbons (Fsp3) is 0.703. The molecule has 0 spiro atoms. The second kappa shape index (κ2) is 57.6. The number of aliphatic hydroxyl groups is 1. The van der Waals surface area contributed by atoms with E-state index in [0.717, 1.165) is 89.9 Å². The normalized spacial score (nSPS) is 14.0. The molecule has 0 aliphatic carbocycles. The van der Waals surface area contributed by atoms with Gasteiger partial charge in [0.15, 0.2) is 6.10 Å². The molecule has 0 heterocycles. The highest BCUT2D eigenvalue weighted by atomic mass is 31.2. The Morgan fingerprint density at radius 2 is 0.737 bits per heavy atom. The van der Waals surface area contributed by atoms with Gasteiger partial charge in [-0.15, -0.1) is 0 Å². The molecule has 3 unspecified atom stereocenters. The molecule has 11 nitrogen and oxygen atoms in total. The molecule has 0 bridgehead atoms. The van der Waals surface area contributed by atoms with Crippen molar-refractivity contribution in [3.63, 3.8) is 0 Å². The highest BCUT2D eigenvalue weighted by molar-refractivity contribution is 7.47. The molecular formula is C64H109O11P. The van der Waals surface area contributed by atoms with Crippen LogP contribution in [0.3, 0.4) is 0 Å². The lowest BCUT2D eigenvalue weighted by molar-refractivity contribution is -0.160. The lowest BCUT2D eigenvalue weighted by Gasteiger charge is -2.21. The zero-order chi connectivity index (χ0) is 55.5. The molecule has 0 amide bonds. The van der Waals surface area contributed by atoms with Crippen LogP contribution in [-0.2, 0) is 42.2 Å². The fourth-order valence-corrected chi connectivity index (χ4v) is 8.71. The summed E-state index contributed by atoms with van der Waals surface area (Å²) in [6.45, 7) is 4.38. The first-order valence-corrected chi connectivity index (χ1v) is 31.6. The third-order valence-electron chi connectivity index (χ3n) is 12.5. The van der Waals surface area contributed by atoms with Gasteiger partial charge in [0, 0.05) is 12.8 Å². The number of esters is 3. The zero-order valence-electron chi connectivity index (χ0n) is 48.2. The number of phosphoric acid groups is 1. The van der Waals surface area contributed by atoms with Gasteiger partial charge in [-0.25, -0.2) is 4.57 Å². The third-order valence-corrected chi connectivity index (χ3v) is 13.4. The molecule has 0 aliphatic rings. The predicted octanol–water partition coefficient (Wildman–Crippen LogP) is 18.0. The lowest BCUT2D eigenvalue weighted by Crippen LogP contribution is -2.30.